The van der Waals surface area contributed by atoms with Gasteiger partial charge in [0.25, 0.3) is 0 Å². The van der Waals surface area contributed by atoms with Gasteiger partial charge in [0, 0.05) is 12.2 Å². The van der Waals surface area contributed by atoms with Gasteiger partial charge in [-0.15, -0.1) is 0 Å². The van der Waals surface area contributed by atoms with Crippen molar-refractivity contribution in [1.29, 1.82) is 0 Å². The highest BCUT2D eigenvalue weighted by Gasteiger charge is 2.15. The molecule has 0 radical (unpaired) electrons. The standard InChI is InChI=1S/C19H22N2O3/c1-13(2)16-9-4-5-10-17(16)21-19(23)18(22)20-12-14-7-6-8-15(11-14)24-3/h4-11,13H,12H2,1-3H3,(H,20,22)(H,21,23). The molecule has 5 heteroatoms. The molecule has 2 N–H and O–H groups in total. The van der Waals surface area contributed by atoms with E-state index in [4.69, 9.17) is 4.74 Å². The maximum atomic E-state index is 12.1. The summed E-state index contributed by atoms with van der Waals surface area (Å²) < 4.78 is 5.13. The first kappa shape index (κ1) is 17.5. The van der Waals surface area contributed by atoms with Crippen LogP contribution in [0.5, 0.6) is 5.75 Å². The lowest BCUT2D eigenvalue weighted by atomic mass is 10.0. The highest BCUT2D eigenvalue weighted by Crippen LogP contribution is 2.23. The van der Waals surface area contributed by atoms with Crippen LogP contribution in [0.15, 0.2) is 48.5 Å². The summed E-state index contributed by atoms with van der Waals surface area (Å²) in [5, 5.41) is 5.29. The van der Waals surface area contributed by atoms with E-state index in [1.807, 2.05) is 56.3 Å². The number of ether oxygens (including phenoxy) is 1. The van der Waals surface area contributed by atoms with E-state index in [1.165, 1.54) is 0 Å². The van der Waals surface area contributed by atoms with Crippen molar-refractivity contribution in [3.63, 3.8) is 0 Å². The van der Waals surface area contributed by atoms with Crippen LogP contribution in [0.25, 0.3) is 0 Å². The van der Waals surface area contributed by atoms with Gasteiger partial charge in [0.1, 0.15) is 5.75 Å². The number of methoxy groups -OCH3 is 1. The van der Waals surface area contributed by atoms with E-state index in [0.717, 1.165) is 11.1 Å². The number of nitrogens with one attached hydrogen (secondary N) is 2. The molecule has 0 saturated heterocycles. The van der Waals surface area contributed by atoms with Gasteiger partial charge in [0.15, 0.2) is 0 Å². The van der Waals surface area contributed by atoms with Crippen LogP contribution in [-0.2, 0) is 16.1 Å². The van der Waals surface area contributed by atoms with E-state index in [9.17, 15) is 9.59 Å². The van der Waals surface area contributed by atoms with Crippen molar-refractivity contribution >= 4 is 17.5 Å². The molecule has 24 heavy (non-hydrogen) atoms. The van der Waals surface area contributed by atoms with E-state index in [-0.39, 0.29) is 12.5 Å². The van der Waals surface area contributed by atoms with Crippen LogP contribution in [0.4, 0.5) is 5.69 Å². The highest BCUT2D eigenvalue weighted by molar-refractivity contribution is 6.39. The van der Waals surface area contributed by atoms with Gasteiger partial charge in [-0.3, -0.25) is 9.59 Å². The van der Waals surface area contributed by atoms with Crippen molar-refractivity contribution in [2.75, 3.05) is 12.4 Å². The Bertz CT molecular complexity index is 726. The number of amides is 2. The average molecular weight is 326 g/mol. The molecule has 0 bridgehead atoms. The Kier molecular flexibility index (Phi) is 5.95. The van der Waals surface area contributed by atoms with E-state index >= 15 is 0 Å². The molecule has 0 fully saturated rings. The Balaban J connectivity index is 1.96. The van der Waals surface area contributed by atoms with Crippen LogP contribution in [0.2, 0.25) is 0 Å². The van der Waals surface area contributed by atoms with E-state index in [1.54, 1.807) is 13.2 Å². The largest absolute Gasteiger partial charge is 0.497 e. The number of carbonyl (C=O) groups excluding carboxylic acids is 2. The molecule has 0 saturated carbocycles. The molecule has 2 aromatic carbocycles. The Hall–Kier alpha value is -2.82. The van der Waals surface area contributed by atoms with Gasteiger partial charge in [-0.2, -0.15) is 0 Å². The van der Waals surface area contributed by atoms with Crippen LogP contribution in [0.1, 0.15) is 30.9 Å². The number of rotatable bonds is 5. The molecule has 5 nitrogen and oxygen atoms in total. The Morgan fingerprint density at radius 3 is 2.50 bits per heavy atom. The van der Waals surface area contributed by atoms with Crippen LogP contribution in [0.3, 0.4) is 0 Å². The molecule has 0 unspecified atom stereocenters. The van der Waals surface area contributed by atoms with Crippen molar-refractivity contribution < 1.29 is 14.3 Å². The molecule has 0 aromatic heterocycles. The third kappa shape index (κ3) is 4.59. The predicted octanol–water partition coefficient (Wildman–Crippen LogP) is 3.07. The molecule has 0 atom stereocenters. The molecule has 0 heterocycles. The first-order chi connectivity index (χ1) is 11.5. The number of anilines is 1. The second kappa shape index (κ2) is 8.15. The number of para-hydroxylation sites is 1. The summed E-state index contributed by atoms with van der Waals surface area (Å²) in [6.45, 7) is 4.33. The summed E-state index contributed by atoms with van der Waals surface area (Å²) in [7, 11) is 1.58. The molecular weight excluding hydrogens is 304 g/mol. The maximum Gasteiger partial charge on any atom is 0.313 e. The molecule has 0 spiro atoms. The van der Waals surface area contributed by atoms with Gasteiger partial charge in [-0.05, 0) is 35.2 Å². The van der Waals surface area contributed by atoms with Crippen molar-refractivity contribution in [3.05, 3.63) is 59.7 Å². The third-order valence-corrected chi connectivity index (χ3v) is 3.62. The van der Waals surface area contributed by atoms with Gasteiger partial charge in [0.2, 0.25) is 0 Å². The van der Waals surface area contributed by atoms with Crippen molar-refractivity contribution in [2.24, 2.45) is 0 Å². The van der Waals surface area contributed by atoms with Crippen molar-refractivity contribution in [2.45, 2.75) is 26.3 Å². The van der Waals surface area contributed by atoms with Crippen LogP contribution < -0.4 is 15.4 Å². The molecule has 0 aliphatic carbocycles. The average Bonchev–Trinajstić information content (AvgIpc) is 2.60. The number of benzene rings is 2. The van der Waals surface area contributed by atoms with E-state index in [2.05, 4.69) is 10.6 Å². The highest BCUT2D eigenvalue weighted by atomic mass is 16.5. The number of hydrogen-bond acceptors (Lipinski definition) is 3. The molecule has 126 valence electrons. The van der Waals surface area contributed by atoms with Crippen LogP contribution in [-0.4, -0.2) is 18.9 Å². The third-order valence-electron chi connectivity index (χ3n) is 3.62. The molecule has 2 amide bonds. The Morgan fingerprint density at radius 1 is 1.04 bits per heavy atom. The summed E-state index contributed by atoms with van der Waals surface area (Å²) >= 11 is 0. The molecule has 2 rings (SSSR count). The quantitative estimate of drug-likeness (QED) is 0.830. The molecule has 0 aliphatic heterocycles. The van der Waals surface area contributed by atoms with Crippen molar-refractivity contribution in [3.8, 4) is 5.75 Å². The smallest absolute Gasteiger partial charge is 0.313 e. The lowest BCUT2D eigenvalue weighted by Crippen LogP contribution is -2.35. The monoisotopic (exact) mass is 326 g/mol. The van der Waals surface area contributed by atoms with Gasteiger partial charge < -0.3 is 15.4 Å². The Morgan fingerprint density at radius 2 is 1.79 bits per heavy atom. The van der Waals surface area contributed by atoms with Crippen LogP contribution in [0, 0.1) is 0 Å². The first-order valence-corrected chi connectivity index (χ1v) is 7.82. The maximum absolute atomic E-state index is 12.1. The summed E-state index contributed by atoms with van der Waals surface area (Å²) in [5.74, 6) is -0.388. The normalized spacial score (nSPS) is 10.3. The minimum atomic E-state index is -0.675. The van der Waals surface area contributed by atoms with E-state index in [0.29, 0.717) is 11.4 Å². The lowest BCUT2D eigenvalue weighted by Gasteiger charge is -2.13. The molecular formula is C19H22N2O3. The first-order valence-electron chi connectivity index (χ1n) is 7.82. The van der Waals surface area contributed by atoms with Gasteiger partial charge >= 0.3 is 11.8 Å². The topological polar surface area (TPSA) is 67.4 Å². The van der Waals surface area contributed by atoms with Gasteiger partial charge in [-0.25, -0.2) is 0 Å². The fourth-order valence-electron chi connectivity index (χ4n) is 2.34. The Labute approximate surface area is 142 Å². The van der Waals surface area contributed by atoms with E-state index < -0.39 is 11.8 Å². The number of hydrogen-bond donors (Lipinski definition) is 2. The van der Waals surface area contributed by atoms with Crippen LogP contribution >= 0.6 is 0 Å². The minimum absolute atomic E-state index is 0.251. The molecule has 2 aromatic rings. The summed E-state index contributed by atoms with van der Waals surface area (Å²) in [6.07, 6.45) is 0. The summed E-state index contributed by atoms with van der Waals surface area (Å²) in [5.41, 5.74) is 2.51. The van der Waals surface area contributed by atoms with Gasteiger partial charge in [-0.1, -0.05) is 44.2 Å². The summed E-state index contributed by atoms with van der Waals surface area (Å²) in [6, 6.07) is 14.8. The summed E-state index contributed by atoms with van der Waals surface area (Å²) in [4.78, 5) is 24.1. The second-order valence-electron chi connectivity index (χ2n) is 5.73. The van der Waals surface area contributed by atoms with Crippen molar-refractivity contribution in [1.82, 2.24) is 5.32 Å². The second-order valence-corrected chi connectivity index (χ2v) is 5.73. The van der Waals surface area contributed by atoms with Gasteiger partial charge in [0.05, 0.1) is 7.11 Å². The zero-order valence-corrected chi connectivity index (χ0v) is 14.1. The fraction of sp³-hybridized carbons (Fsp3) is 0.263. The predicted molar refractivity (Wildman–Crippen MR) is 94.0 cm³/mol. The lowest BCUT2D eigenvalue weighted by molar-refractivity contribution is -0.136. The SMILES string of the molecule is COc1cccc(CNC(=O)C(=O)Nc2ccccc2C(C)C)c1. The number of carbonyl (C=O) groups is 2. The minimum Gasteiger partial charge on any atom is -0.497 e. The zero-order chi connectivity index (χ0) is 17.5. The zero-order valence-electron chi connectivity index (χ0n) is 14.1. The fourth-order valence-corrected chi connectivity index (χ4v) is 2.34. The molecule has 0 aliphatic rings.